The van der Waals surface area contributed by atoms with E-state index in [1.165, 1.54) is 23.9 Å². The fraction of sp³-hybridized carbons (Fsp3) is 0.353. The minimum Gasteiger partial charge on any atom is -0.467 e. The molecule has 0 aliphatic heterocycles. The standard InChI is InChI=1S/C17H15ClFNO5/c1-3-25-15(22)10-8-20(17(4-5-17)16(23)24-2)13-7-11(18)12(19)6-9(13)14(10)21/h6-8H,3-5H2,1-2H3. The SMILES string of the molecule is CCOC(=O)c1cn(C2(C(=O)OC)CC2)c2cc(Cl)c(F)cc2c1=O. The van der Waals surface area contributed by atoms with Crippen molar-refractivity contribution in [3.63, 3.8) is 0 Å². The minimum absolute atomic E-state index is 0.0531. The number of pyridine rings is 1. The van der Waals surface area contributed by atoms with Gasteiger partial charge in [0.1, 0.15) is 16.9 Å². The molecule has 25 heavy (non-hydrogen) atoms. The van der Waals surface area contributed by atoms with Crippen molar-refractivity contribution < 1.29 is 23.5 Å². The van der Waals surface area contributed by atoms with Gasteiger partial charge in [0, 0.05) is 11.6 Å². The fourth-order valence-corrected chi connectivity index (χ4v) is 3.04. The van der Waals surface area contributed by atoms with Crippen molar-refractivity contribution in [2.24, 2.45) is 0 Å². The van der Waals surface area contributed by atoms with Crippen molar-refractivity contribution >= 4 is 34.4 Å². The Bertz CT molecular complexity index is 948. The summed E-state index contributed by atoms with van der Waals surface area (Å²) in [6, 6.07) is 2.23. The summed E-state index contributed by atoms with van der Waals surface area (Å²) in [5, 5.41) is -0.243. The van der Waals surface area contributed by atoms with Crippen LogP contribution in [0, 0.1) is 5.82 Å². The number of rotatable bonds is 4. The number of carbonyl (C=O) groups is 2. The van der Waals surface area contributed by atoms with Crippen LogP contribution in [0.15, 0.2) is 23.1 Å². The molecule has 0 N–H and O–H groups in total. The van der Waals surface area contributed by atoms with Gasteiger partial charge in [-0.1, -0.05) is 11.6 Å². The van der Waals surface area contributed by atoms with Gasteiger partial charge in [-0.2, -0.15) is 0 Å². The van der Waals surface area contributed by atoms with Gasteiger partial charge in [-0.3, -0.25) is 4.79 Å². The molecule has 0 atom stereocenters. The third kappa shape index (κ3) is 2.68. The first-order chi connectivity index (χ1) is 11.9. The van der Waals surface area contributed by atoms with Crippen LogP contribution in [0.5, 0.6) is 0 Å². The molecule has 0 radical (unpaired) electrons. The van der Waals surface area contributed by atoms with Crippen LogP contribution in [-0.4, -0.2) is 30.2 Å². The molecule has 1 aliphatic rings. The molecule has 8 heteroatoms. The quantitative estimate of drug-likeness (QED) is 0.776. The molecule has 1 aliphatic carbocycles. The number of esters is 2. The van der Waals surface area contributed by atoms with Crippen molar-refractivity contribution in [3.05, 3.63) is 45.0 Å². The summed E-state index contributed by atoms with van der Waals surface area (Å²) in [7, 11) is 1.26. The Kier molecular flexibility index (Phi) is 4.28. The molecule has 132 valence electrons. The molecule has 1 aromatic carbocycles. The number of nitrogens with zero attached hydrogens (tertiary/aromatic N) is 1. The normalized spacial score (nSPS) is 15.0. The van der Waals surface area contributed by atoms with Gasteiger partial charge < -0.3 is 14.0 Å². The van der Waals surface area contributed by atoms with Gasteiger partial charge >= 0.3 is 11.9 Å². The topological polar surface area (TPSA) is 74.6 Å². The van der Waals surface area contributed by atoms with Crippen molar-refractivity contribution in [1.29, 1.82) is 0 Å². The van der Waals surface area contributed by atoms with Crippen LogP contribution >= 0.6 is 11.6 Å². The van der Waals surface area contributed by atoms with E-state index < -0.39 is 28.7 Å². The van der Waals surface area contributed by atoms with Gasteiger partial charge in [0.2, 0.25) is 5.43 Å². The monoisotopic (exact) mass is 367 g/mol. The van der Waals surface area contributed by atoms with Crippen LogP contribution in [-0.2, 0) is 19.8 Å². The van der Waals surface area contributed by atoms with Crippen molar-refractivity contribution in [1.82, 2.24) is 4.57 Å². The molecule has 1 heterocycles. The second kappa shape index (κ2) is 6.15. The summed E-state index contributed by atoms with van der Waals surface area (Å²) in [6.07, 6.45) is 2.20. The Labute approximate surface area is 147 Å². The summed E-state index contributed by atoms with van der Waals surface area (Å²) in [5.41, 5.74) is -1.73. The summed E-state index contributed by atoms with van der Waals surface area (Å²) in [4.78, 5) is 37.0. The molecule has 0 saturated heterocycles. The Morgan fingerprint density at radius 2 is 2.04 bits per heavy atom. The molecule has 0 unspecified atom stereocenters. The highest BCUT2D eigenvalue weighted by Gasteiger charge is 2.53. The van der Waals surface area contributed by atoms with E-state index in [1.807, 2.05) is 0 Å². The van der Waals surface area contributed by atoms with Crippen LogP contribution in [0.1, 0.15) is 30.1 Å². The van der Waals surface area contributed by atoms with Crippen molar-refractivity contribution in [3.8, 4) is 0 Å². The Morgan fingerprint density at radius 3 is 2.60 bits per heavy atom. The predicted octanol–water partition coefficient (Wildman–Crippen LogP) is 2.63. The van der Waals surface area contributed by atoms with E-state index >= 15 is 0 Å². The first kappa shape index (κ1) is 17.4. The van der Waals surface area contributed by atoms with Crippen LogP contribution in [0.3, 0.4) is 0 Å². The predicted molar refractivity (Wildman–Crippen MR) is 88.4 cm³/mol. The molecule has 0 amide bonds. The van der Waals surface area contributed by atoms with E-state index in [9.17, 15) is 18.8 Å². The third-order valence-electron chi connectivity index (χ3n) is 4.29. The Morgan fingerprint density at radius 1 is 1.36 bits per heavy atom. The summed E-state index contributed by atoms with van der Waals surface area (Å²) < 4.78 is 25.1. The largest absolute Gasteiger partial charge is 0.467 e. The molecular formula is C17H15ClFNO5. The van der Waals surface area contributed by atoms with Crippen LogP contribution in [0.4, 0.5) is 4.39 Å². The zero-order chi connectivity index (χ0) is 18.4. The van der Waals surface area contributed by atoms with Gasteiger partial charge in [0.05, 0.1) is 24.3 Å². The Hall–Kier alpha value is -2.41. The lowest BCUT2D eigenvalue weighted by Crippen LogP contribution is -2.32. The smallest absolute Gasteiger partial charge is 0.343 e. The van der Waals surface area contributed by atoms with E-state index in [0.717, 1.165) is 6.07 Å². The molecule has 0 spiro atoms. The second-order valence-electron chi connectivity index (χ2n) is 5.77. The molecule has 0 bridgehead atoms. The number of hydrogen-bond acceptors (Lipinski definition) is 5. The van der Waals surface area contributed by atoms with Gasteiger partial charge in [0.15, 0.2) is 0 Å². The Balaban J connectivity index is 2.37. The third-order valence-corrected chi connectivity index (χ3v) is 4.58. The van der Waals surface area contributed by atoms with Gasteiger partial charge in [-0.05, 0) is 31.9 Å². The van der Waals surface area contributed by atoms with E-state index in [4.69, 9.17) is 21.1 Å². The van der Waals surface area contributed by atoms with E-state index in [1.54, 1.807) is 6.92 Å². The minimum atomic E-state index is -1.04. The molecule has 1 fully saturated rings. The average Bonchev–Trinajstić information content (AvgIpc) is 3.38. The number of methoxy groups -OCH3 is 1. The molecule has 1 saturated carbocycles. The maximum absolute atomic E-state index is 13.9. The molecule has 2 aromatic rings. The van der Waals surface area contributed by atoms with E-state index in [2.05, 4.69) is 0 Å². The maximum atomic E-state index is 13.9. The number of halogens is 2. The fourth-order valence-electron chi connectivity index (χ4n) is 2.88. The lowest BCUT2D eigenvalue weighted by Gasteiger charge is -2.21. The number of aromatic nitrogens is 1. The first-order valence-electron chi connectivity index (χ1n) is 7.66. The molecule has 6 nitrogen and oxygen atoms in total. The highest BCUT2D eigenvalue weighted by molar-refractivity contribution is 6.31. The zero-order valence-electron chi connectivity index (χ0n) is 13.6. The zero-order valence-corrected chi connectivity index (χ0v) is 14.4. The van der Waals surface area contributed by atoms with E-state index in [0.29, 0.717) is 12.8 Å². The highest BCUT2D eigenvalue weighted by Crippen LogP contribution is 2.46. The lowest BCUT2D eigenvalue weighted by atomic mass is 10.1. The molecule has 3 rings (SSSR count). The van der Waals surface area contributed by atoms with Crippen LogP contribution < -0.4 is 5.43 Å². The van der Waals surface area contributed by atoms with Gasteiger partial charge in [-0.15, -0.1) is 0 Å². The summed E-state index contributed by atoms with van der Waals surface area (Å²) in [5.74, 6) is -2.13. The number of ether oxygens (including phenoxy) is 2. The van der Waals surface area contributed by atoms with Crippen molar-refractivity contribution in [2.75, 3.05) is 13.7 Å². The number of hydrogen-bond donors (Lipinski definition) is 0. The highest BCUT2D eigenvalue weighted by atomic mass is 35.5. The summed E-state index contributed by atoms with van der Waals surface area (Å²) in [6.45, 7) is 1.68. The molecular weight excluding hydrogens is 353 g/mol. The number of benzene rings is 1. The number of carbonyl (C=O) groups excluding carboxylic acids is 2. The van der Waals surface area contributed by atoms with Crippen LogP contribution in [0.25, 0.3) is 10.9 Å². The summed E-state index contributed by atoms with van der Waals surface area (Å²) >= 11 is 5.85. The first-order valence-corrected chi connectivity index (χ1v) is 8.04. The lowest BCUT2D eigenvalue weighted by molar-refractivity contribution is -0.146. The van der Waals surface area contributed by atoms with Gasteiger partial charge in [0.25, 0.3) is 0 Å². The van der Waals surface area contributed by atoms with Crippen LogP contribution in [0.2, 0.25) is 5.02 Å². The van der Waals surface area contributed by atoms with Gasteiger partial charge in [-0.25, -0.2) is 14.0 Å². The number of fused-ring (bicyclic) bond motifs is 1. The maximum Gasteiger partial charge on any atom is 0.343 e. The van der Waals surface area contributed by atoms with Crippen molar-refractivity contribution in [2.45, 2.75) is 25.3 Å². The second-order valence-corrected chi connectivity index (χ2v) is 6.18. The van der Waals surface area contributed by atoms with E-state index in [-0.39, 0.29) is 28.1 Å². The molecule has 1 aromatic heterocycles. The average molecular weight is 368 g/mol.